The number of hydrogen-bond acceptors (Lipinski definition) is 6. The van der Waals surface area contributed by atoms with Crippen molar-refractivity contribution in [3.63, 3.8) is 0 Å². The Labute approximate surface area is 154 Å². The molecule has 1 heterocycles. The summed E-state index contributed by atoms with van der Waals surface area (Å²) in [6, 6.07) is 13.2. The molecule has 0 amide bonds. The molecule has 0 aliphatic heterocycles. The van der Waals surface area contributed by atoms with E-state index >= 15 is 0 Å². The molecule has 1 N–H and O–H groups in total. The quantitative estimate of drug-likeness (QED) is 0.476. The Morgan fingerprint density at radius 3 is 2.88 bits per heavy atom. The van der Waals surface area contributed by atoms with Gasteiger partial charge in [0.1, 0.15) is 6.61 Å². The van der Waals surface area contributed by atoms with Crippen molar-refractivity contribution in [1.82, 2.24) is 4.98 Å². The van der Waals surface area contributed by atoms with Crippen molar-refractivity contribution in [2.75, 3.05) is 12.5 Å². The summed E-state index contributed by atoms with van der Waals surface area (Å²) in [4.78, 5) is 4.09. The maximum atomic E-state index is 6.15. The van der Waals surface area contributed by atoms with Crippen LogP contribution >= 0.6 is 22.9 Å². The van der Waals surface area contributed by atoms with E-state index in [-0.39, 0.29) is 0 Å². The van der Waals surface area contributed by atoms with E-state index in [0.29, 0.717) is 23.1 Å². The van der Waals surface area contributed by atoms with Crippen molar-refractivity contribution in [3.8, 4) is 11.5 Å². The predicted molar refractivity (Wildman–Crippen MR) is 102 cm³/mol. The lowest BCUT2D eigenvalue weighted by atomic mass is 10.2. The smallest absolute Gasteiger partial charge is 0.203 e. The third-order valence-electron chi connectivity index (χ3n) is 3.33. The lowest BCUT2D eigenvalue weighted by Gasteiger charge is -2.12. The van der Waals surface area contributed by atoms with E-state index in [2.05, 4.69) is 15.5 Å². The van der Waals surface area contributed by atoms with Crippen LogP contribution in [0.4, 0.5) is 5.13 Å². The molecular formula is C18H16ClN3O2S. The van der Waals surface area contributed by atoms with Crippen LogP contribution in [0.3, 0.4) is 0 Å². The molecule has 5 nitrogen and oxygen atoms in total. The van der Waals surface area contributed by atoms with Gasteiger partial charge in [-0.2, -0.15) is 5.10 Å². The Morgan fingerprint density at radius 2 is 2.12 bits per heavy atom. The lowest BCUT2D eigenvalue weighted by molar-refractivity contribution is 0.284. The number of hydrogen-bond donors (Lipinski definition) is 1. The van der Waals surface area contributed by atoms with Crippen LogP contribution in [0.2, 0.25) is 5.02 Å². The monoisotopic (exact) mass is 373 g/mol. The second kappa shape index (κ2) is 8.50. The minimum Gasteiger partial charge on any atom is -0.493 e. The molecule has 1 aromatic heterocycles. The normalized spacial score (nSPS) is 10.8. The molecule has 0 spiro atoms. The van der Waals surface area contributed by atoms with Gasteiger partial charge in [-0.3, -0.25) is 5.43 Å². The first-order valence-electron chi connectivity index (χ1n) is 7.49. The van der Waals surface area contributed by atoms with Crippen molar-refractivity contribution in [3.05, 3.63) is 70.2 Å². The maximum absolute atomic E-state index is 6.15. The van der Waals surface area contributed by atoms with Crippen molar-refractivity contribution in [2.24, 2.45) is 5.10 Å². The number of anilines is 1. The first-order valence-corrected chi connectivity index (χ1v) is 8.75. The Kier molecular flexibility index (Phi) is 5.87. The van der Waals surface area contributed by atoms with E-state index in [1.807, 2.05) is 47.8 Å². The molecule has 0 radical (unpaired) electrons. The Bertz CT molecular complexity index is 853. The molecule has 0 atom stereocenters. The molecule has 0 aliphatic carbocycles. The molecule has 0 fully saturated rings. The summed E-state index contributed by atoms with van der Waals surface area (Å²) in [5.41, 5.74) is 4.67. The van der Waals surface area contributed by atoms with Crippen LogP contribution in [0.1, 0.15) is 11.1 Å². The number of nitrogens with one attached hydrogen (secondary N) is 1. The third kappa shape index (κ3) is 4.71. The summed E-state index contributed by atoms with van der Waals surface area (Å²) in [5, 5.41) is 7.45. The van der Waals surface area contributed by atoms with Gasteiger partial charge in [0.05, 0.1) is 13.3 Å². The van der Waals surface area contributed by atoms with Gasteiger partial charge in [0.15, 0.2) is 11.5 Å². The Hall–Kier alpha value is -2.57. The van der Waals surface area contributed by atoms with Gasteiger partial charge < -0.3 is 9.47 Å². The van der Waals surface area contributed by atoms with E-state index in [0.717, 1.165) is 16.3 Å². The first kappa shape index (κ1) is 17.3. The summed E-state index contributed by atoms with van der Waals surface area (Å²) < 4.78 is 11.2. The second-order valence-electron chi connectivity index (χ2n) is 5.00. The SMILES string of the molecule is COc1cc(/C=N/Nc2nccs2)ccc1OCc1ccccc1Cl. The molecule has 0 saturated carbocycles. The Balaban J connectivity index is 1.67. The predicted octanol–water partition coefficient (Wildman–Crippen LogP) is 4.83. The van der Waals surface area contributed by atoms with E-state index < -0.39 is 0 Å². The van der Waals surface area contributed by atoms with Crippen LogP contribution in [-0.2, 0) is 6.61 Å². The van der Waals surface area contributed by atoms with E-state index in [4.69, 9.17) is 21.1 Å². The molecule has 0 aliphatic rings. The summed E-state index contributed by atoms with van der Waals surface area (Å²) in [6.07, 6.45) is 3.42. The molecule has 0 unspecified atom stereocenters. The number of hydrazone groups is 1. The van der Waals surface area contributed by atoms with Crippen molar-refractivity contribution in [1.29, 1.82) is 0 Å². The molecule has 7 heteroatoms. The number of methoxy groups -OCH3 is 1. The standard InChI is InChI=1S/C18H16ClN3O2S/c1-23-17-10-13(11-21-22-18-20-8-9-25-18)6-7-16(17)24-12-14-4-2-3-5-15(14)19/h2-11H,12H2,1H3,(H,20,22)/b21-11+. The highest BCUT2D eigenvalue weighted by Crippen LogP contribution is 2.29. The van der Waals surface area contributed by atoms with Gasteiger partial charge in [0.25, 0.3) is 0 Å². The van der Waals surface area contributed by atoms with Gasteiger partial charge in [-0.15, -0.1) is 11.3 Å². The molecule has 25 heavy (non-hydrogen) atoms. The molecule has 128 valence electrons. The summed E-state index contributed by atoms with van der Waals surface area (Å²) in [7, 11) is 1.60. The van der Waals surface area contributed by atoms with Crippen LogP contribution in [0.25, 0.3) is 0 Å². The fourth-order valence-electron chi connectivity index (χ4n) is 2.10. The van der Waals surface area contributed by atoms with Crippen molar-refractivity contribution >= 4 is 34.3 Å². The van der Waals surface area contributed by atoms with Gasteiger partial charge in [-0.05, 0) is 29.8 Å². The highest BCUT2D eigenvalue weighted by atomic mass is 35.5. The first-order chi connectivity index (χ1) is 12.3. The second-order valence-corrected chi connectivity index (χ2v) is 6.30. The summed E-state index contributed by atoms with van der Waals surface area (Å²) in [5.74, 6) is 1.28. The van der Waals surface area contributed by atoms with E-state index in [1.165, 1.54) is 11.3 Å². The molecular weight excluding hydrogens is 358 g/mol. The maximum Gasteiger partial charge on any atom is 0.203 e. The zero-order valence-electron chi connectivity index (χ0n) is 13.5. The van der Waals surface area contributed by atoms with Gasteiger partial charge in [0, 0.05) is 22.2 Å². The number of halogens is 1. The lowest BCUT2D eigenvalue weighted by Crippen LogP contribution is -1.99. The average Bonchev–Trinajstić information content (AvgIpc) is 3.15. The van der Waals surface area contributed by atoms with Crippen LogP contribution in [0, 0.1) is 0 Å². The number of ether oxygens (including phenoxy) is 2. The summed E-state index contributed by atoms with van der Waals surface area (Å²) in [6.45, 7) is 0.370. The molecule has 3 rings (SSSR count). The average molecular weight is 374 g/mol. The molecule has 2 aromatic carbocycles. The van der Waals surface area contributed by atoms with Gasteiger partial charge in [-0.1, -0.05) is 29.8 Å². The number of aromatic nitrogens is 1. The third-order valence-corrected chi connectivity index (χ3v) is 4.38. The van der Waals surface area contributed by atoms with Crippen LogP contribution in [0.5, 0.6) is 11.5 Å². The fraction of sp³-hybridized carbons (Fsp3) is 0.111. The molecule has 3 aromatic rings. The van der Waals surface area contributed by atoms with Gasteiger partial charge in [-0.25, -0.2) is 4.98 Å². The van der Waals surface area contributed by atoms with Crippen LogP contribution < -0.4 is 14.9 Å². The van der Waals surface area contributed by atoms with Crippen molar-refractivity contribution in [2.45, 2.75) is 6.61 Å². The number of rotatable bonds is 7. The highest BCUT2D eigenvalue weighted by molar-refractivity contribution is 7.13. The number of nitrogens with zero attached hydrogens (tertiary/aromatic N) is 2. The largest absolute Gasteiger partial charge is 0.493 e. The minimum absolute atomic E-state index is 0.370. The molecule has 0 bridgehead atoms. The fourth-order valence-corrected chi connectivity index (χ4v) is 2.76. The highest BCUT2D eigenvalue weighted by Gasteiger charge is 2.07. The topological polar surface area (TPSA) is 55.7 Å². The van der Waals surface area contributed by atoms with Crippen LogP contribution in [-0.4, -0.2) is 18.3 Å². The van der Waals surface area contributed by atoms with Crippen molar-refractivity contribution < 1.29 is 9.47 Å². The van der Waals surface area contributed by atoms with Gasteiger partial charge >= 0.3 is 0 Å². The summed E-state index contributed by atoms with van der Waals surface area (Å²) >= 11 is 7.63. The van der Waals surface area contributed by atoms with E-state index in [9.17, 15) is 0 Å². The zero-order chi connectivity index (χ0) is 17.5. The van der Waals surface area contributed by atoms with E-state index in [1.54, 1.807) is 19.5 Å². The minimum atomic E-state index is 0.370. The number of thiazole rings is 1. The van der Waals surface area contributed by atoms with Gasteiger partial charge in [0.2, 0.25) is 5.13 Å². The van der Waals surface area contributed by atoms with Crippen LogP contribution in [0.15, 0.2) is 59.1 Å². The zero-order valence-corrected chi connectivity index (χ0v) is 15.1. The number of benzene rings is 2. The Morgan fingerprint density at radius 1 is 1.24 bits per heavy atom. The molecule has 0 saturated heterocycles.